The topological polar surface area (TPSA) is 113 Å². The molecule has 2 aromatic rings. The number of primary amides is 1. The van der Waals surface area contributed by atoms with Gasteiger partial charge in [0.2, 0.25) is 5.91 Å². The number of carbonyl (C=O) groups is 2. The number of rotatable bonds is 6. The number of benzene rings is 2. The van der Waals surface area contributed by atoms with Crippen molar-refractivity contribution in [2.45, 2.75) is 11.3 Å². The molecule has 0 heterocycles. The first-order chi connectivity index (χ1) is 11.3. The maximum absolute atomic E-state index is 12.2. The molecule has 0 aliphatic heterocycles. The number of ether oxygens (including phenoxy) is 1. The Morgan fingerprint density at radius 2 is 1.58 bits per heavy atom. The molecular weight excluding hydrogens is 334 g/mol. The Labute approximate surface area is 139 Å². The fourth-order valence-electron chi connectivity index (χ4n) is 1.86. The summed E-state index contributed by atoms with van der Waals surface area (Å²) in [6, 6.07) is 11.1. The van der Waals surface area contributed by atoms with Crippen LogP contribution in [0.4, 0.5) is 0 Å². The van der Waals surface area contributed by atoms with E-state index in [0.717, 1.165) is 0 Å². The average molecular weight is 349 g/mol. The van der Waals surface area contributed by atoms with Crippen LogP contribution in [-0.2, 0) is 26.1 Å². The van der Waals surface area contributed by atoms with Gasteiger partial charge in [0.1, 0.15) is 10.6 Å². The van der Waals surface area contributed by atoms with Gasteiger partial charge < -0.3 is 14.7 Å². The van der Waals surface area contributed by atoms with Gasteiger partial charge >= 0.3 is 16.1 Å². The van der Waals surface area contributed by atoms with E-state index in [1.54, 1.807) is 12.1 Å². The van der Waals surface area contributed by atoms with Crippen LogP contribution in [0.15, 0.2) is 53.4 Å². The Hall–Kier alpha value is -2.87. The molecule has 2 N–H and O–H groups in total. The van der Waals surface area contributed by atoms with Crippen molar-refractivity contribution in [3.63, 3.8) is 0 Å². The predicted molar refractivity (Wildman–Crippen MR) is 84.9 cm³/mol. The van der Waals surface area contributed by atoms with E-state index in [4.69, 9.17) is 9.92 Å². The van der Waals surface area contributed by atoms with Gasteiger partial charge in [-0.3, -0.25) is 9.59 Å². The molecule has 0 aliphatic rings. The highest BCUT2D eigenvalue weighted by molar-refractivity contribution is 7.87. The van der Waals surface area contributed by atoms with Crippen LogP contribution in [0.2, 0.25) is 0 Å². The smallest absolute Gasteiger partial charge is 0.339 e. The van der Waals surface area contributed by atoms with Crippen molar-refractivity contribution in [1.29, 1.82) is 0 Å². The number of carbonyl (C=O) groups excluding carboxylic acids is 2. The third-order valence-electron chi connectivity index (χ3n) is 3.13. The minimum Gasteiger partial charge on any atom is -0.469 e. The zero-order chi connectivity index (χ0) is 17.7. The molecule has 0 saturated heterocycles. The molecule has 0 unspecified atom stereocenters. The van der Waals surface area contributed by atoms with Crippen molar-refractivity contribution in [3.05, 3.63) is 59.7 Å². The van der Waals surface area contributed by atoms with Gasteiger partial charge in [-0.05, 0) is 42.0 Å². The van der Waals surface area contributed by atoms with Crippen molar-refractivity contribution < 1.29 is 26.9 Å². The lowest BCUT2D eigenvalue weighted by atomic mass is 10.1. The Balaban J connectivity index is 2.13. The number of esters is 1. The fourth-order valence-corrected chi connectivity index (χ4v) is 2.79. The van der Waals surface area contributed by atoms with Crippen LogP contribution in [0.3, 0.4) is 0 Å². The molecule has 0 radical (unpaired) electrons. The minimum absolute atomic E-state index is 0.0815. The molecule has 2 aromatic carbocycles. The van der Waals surface area contributed by atoms with E-state index >= 15 is 0 Å². The molecule has 0 aliphatic carbocycles. The van der Waals surface area contributed by atoms with Gasteiger partial charge in [0.15, 0.2) is 0 Å². The third-order valence-corrected chi connectivity index (χ3v) is 4.39. The highest BCUT2D eigenvalue weighted by Gasteiger charge is 2.17. The Bertz CT molecular complexity index is 841. The van der Waals surface area contributed by atoms with Crippen LogP contribution in [-0.4, -0.2) is 27.4 Å². The van der Waals surface area contributed by atoms with Gasteiger partial charge in [0.25, 0.3) is 0 Å². The van der Waals surface area contributed by atoms with Crippen LogP contribution in [0, 0.1) is 0 Å². The molecular formula is C16H15NO6S. The van der Waals surface area contributed by atoms with Gasteiger partial charge in [0.05, 0.1) is 13.5 Å². The van der Waals surface area contributed by atoms with Crippen molar-refractivity contribution in [2.24, 2.45) is 5.73 Å². The normalized spacial score (nSPS) is 10.9. The van der Waals surface area contributed by atoms with Gasteiger partial charge in [-0.2, -0.15) is 8.42 Å². The first-order valence-corrected chi connectivity index (χ1v) is 8.23. The highest BCUT2D eigenvalue weighted by Crippen LogP contribution is 2.20. The van der Waals surface area contributed by atoms with E-state index in [1.165, 1.54) is 43.5 Å². The molecule has 0 aromatic heterocycles. The highest BCUT2D eigenvalue weighted by atomic mass is 32.2. The van der Waals surface area contributed by atoms with Crippen LogP contribution in [0.5, 0.6) is 5.75 Å². The van der Waals surface area contributed by atoms with Crippen LogP contribution in [0.25, 0.3) is 0 Å². The lowest BCUT2D eigenvalue weighted by Gasteiger charge is -2.08. The molecule has 7 nitrogen and oxygen atoms in total. The monoisotopic (exact) mass is 349 g/mol. The van der Waals surface area contributed by atoms with E-state index in [0.29, 0.717) is 5.56 Å². The standard InChI is InChI=1S/C16H15NO6S/c1-22-15(18)10-11-2-6-13(7-3-11)23-24(20,21)14-8-4-12(5-9-14)16(17)19/h2-9H,10H2,1H3,(H2,17,19). The third kappa shape index (κ3) is 4.32. The second-order valence-corrected chi connectivity index (χ2v) is 6.37. The second kappa shape index (κ2) is 7.14. The Morgan fingerprint density at radius 3 is 2.08 bits per heavy atom. The van der Waals surface area contributed by atoms with Gasteiger partial charge in [-0.15, -0.1) is 0 Å². The van der Waals surface area contributed by atoms with E-state index in [1.807, 2.05) is 0 Å². The SMILES string of the molecule is COC(=O)Cc1ccc(OS(=O)(=O)c2ccc(C(N)=O)cc2)cc1. The molecule has 0 bridgehead atoms. The number of hydrogen-bond donors (Lipinski definition) is 1. The molecule has 0 saturated carbocycles. The number of amides is 1. The zero-order valence-electron chi connectivity index (χ0n) is 12.8. The van der Waals surface area contributed by atoms with Crippen molar-refractivity contribution >= 4 is 22.0 Å². The molecule has 0 atom stereocenters. The van der Waals surface area contributed by atoms with E-state index in [9.17, 15) is 18.0 Å². The number of methoxy groups -OCH3 is 1. The first kappa shape index (κ1) is 17.5. The van der Waals surface area contributed by atoms with E-state index < -0.39 is 22.0 Å². The summed E-state index contributed by atoms with van der Waals surface area (Å²) in [6.07, 6.45) is 0.0815. The molecule has 1 amide bonds. The lowest BCUT2D eigenvalue weighted by molar-refractivity contribution is -0.139. The Morgan fingerprint density at radius 1 is 1.00 bits per heavy atom. The van der Waals surface area contributed by atoms with Crippen LogP contribution < -0.4 is 9.92 Å². The maximum Gasteiger partial charge on any atom is 0.339 e. The molecule has 0 fully saturated rings. The van der Waals surface area contributed by atoms with Crippen molar-refractivity contribution in [2.75, 3.05) is 7.11 Å². The van der Waals surface area contributed by atoms with E-state index in [2.05, 4.69) is 4.74 Å². The summed E-state index contributed by atoms with van der Waals surface area (Å²) in [5.41, 5.74) is 5.96. The lowest BCUT2D eigenvalue weighted by Crippen LogP contribution is -2.13. The van der Waals surface area contributed by atoms with E-state index in [-0.39, 0.29) is 22.6 Å². The maximum atomic E-state index is 12.2. The largest absolute Gasteiger partial charge is 0.469 e. The molecule has 0 spiro atoms. The zero-order valence-corrected chi connectivity index (χ0v) is 13.6. The summed E-state index contributed by atoms with van der Waals surface area (Å²) in [5.74, 6) is -0.950. The molecule has 24 heavy (non-hydrogen) atoms. The predicted octanol–water partition coefficient (Wildman–Crippen LogP) is 1.27. The average Bonchev–Trinajstić information content (AvgIpc) is 2.56. The second-order valence-electron chi connectivity index (χ2n) is 4.82. The first-order valence-electron chi connectivity index (χ1n) is 6.82. The summed E-state index contributed by atoms with van der Waals surface area (Å²) >= 11 is 0. The molecule has 126 valence electrons. The summed E-state index contributed by atoms with van der Waals surface area (Å²) in [6.45, 7) is 0. The quantitative estimate of drug-likeness (QED) is 0.621. The van der Waals surface area contributed by atoms with Gasteiger partial charge in [-0.1, -0.05) is 12.1 Å². The van der Waals surface area contributed by atoms with Gasteiger partial charge in [-0.25, -0.2) is 0 Å². The van der Waals surface area contributed by atoms with Crippen molar-refractivity contribution in [3.8, 4) is 5.75 Å². The fraction of sp³-hybridized carbons (Fsp3) is 0.125. The minimum atomic E-state index is -4.04. The summed E-state index contributed by atoms with van der Waals surface area (Å²) in [4.78, 5) is 22.1. The number of nitrogens with two attached hydrogens (primary N) is 1. The van der Waals surface area contributed by atoms with Gasteiger partial charge in [0, 0.05) is 5.56 Å². The Kier molecular flexibility index (Phi) is 5.20. The summed E-state index contributed by atoms with van der Waals surface area (Å²) < 4.78 is 33.9. The summed E-state index contributed by atoms with van der Waals surface area (Å²) in [5, 5.41) is 0. The number of hydrogen-bond acceptors (Lipinski definition) is 6. The van der Waals surface area contributed by atoms with Crippen molar-refractivity contribution in [1.82, 2.24) is 0 Å². The molecule has 8 heteroatoms. The molecule has 2 rings (SSSR count). The van der Waals surface area contributed by atoms with Crippen LogP contribution >= 0.6 is 0 Å². The van der Waals surface area contributed by atoms with Crippen LogP contribution in [0.1, 0.15) is 15.9 Å². The summed E-state index contributed by atoms with van der Waals surface area (Å²) in [7, 11) is -2.75.